The van der Waals surface area contributed by atoms with Crippen molar-refractivity contribution >= 4 is 11.6 Å². The quantitative estimate of drug-likeness (QED) is 0.914. The van der Waals surface area contributed by atoms with Crippen LogP contribution in [0.15, 0.2) is 36.5 Å². The molecular weight excluding hydrogens is 248 g/mol. The van der Waals surface area contributed by atoms with Gasteiger partial charge in [-0.2, -0.15) is 0 Å². The highest BCUT2D eigenvalue weighted by Crippen LogP contribution is 2.28. The minimum Gasteiger partial charge on any atom is -0.439 e. The maximum atomic E-state index is 5.97. The first-order chi connectivity index (χ1) is 8.58. The summed E-state index contributed by atoms with van der Waals surface area (Å²) >= 11 is 5.97. The van der Waals surface area contributed by atoms with Gasteiger partial charge in [0.15, 0.2) is 0 Å². The Kier molecular flexibility index (Phi) is 3.84. The number of ether oxygens (including phenoxy) is 1. The Hall–Kier alpha value is -1.58. The summed E-state index contributed by atoms with van der Waals surface area (Å²) in [7, 11) is 0. The van der Waals surface area contributed by atoms with Crippen LogP contribution in [-0.2, 0) is 0 Å². The molecule has 1 aromatic carbocycles. The summed E-state index contributed by atoms with van der Waals surface area (Å²) in [6.45, 7) is 3.83. The van der Waals surface area contributed by atoms with Crippen LogP contribution in [0.4, 0.5) is 0 Å². The smallest absolute Gasteiger partial charge is 0.223 e. The summed E-state index contributed by atoms with van der Waals surface area (Å²) in [5.74, 6) is 1.24. The van der Waals surface area contributed by atoms with Gasteiger partial charge in [0, 0.05) is 22.8 Å². The minimum atomic E-state index is -0.123. The van der Waals surface area contributed by atoms with Crippen molar-refractivity contribution in [2.75, 3.05) is 0 Å². The molecule has 3 nitrogen and oxygen atoms in total. The molecule has 1 aromatic heterocycles. The van der Waals surface area contributed by atoms with E-state index >= 15 is 0 Å². The zero-order valence-corrected chi connectivity index (χ0v) is 11.1. The van der Waals surface area contributed by atoms with E-state index in [0.717, 1.165) is 16.1 Å². The third kappa shape index (κ3) is 2.81. The number of hydrogen-bond donors (Lipinski definition) is 1. The van der Waals surface area contributed by atoms with Gasteiger partial charge in [0.2, 0.25) is 5.88 Å². The molecule has 0 amide bonds. The summed E-state index contributed by atoms with van der Waals surface area (Å²) < 4.78 is 5.76. The number of nitrogens with zero attached hydrogens (tertiary/aromatic N) is 1. The third-order valence-corrected chi connectivity index (χ3v) is 3.06. The summed E-state index contributed by atoms with van der Waals surface area (Å²) in [5.41, 5.74) is 7.73. The number of aryl methyl sites for hydroxylation is 1. The second-order valence-electron chi connectivity index (χ2n) is 4.20. The maximum absolute atomic E-state index is 5.97. The van der Waals surface area contributed by atoms with E-state index < -0.39 is 0 Å². The second-order valence-corrected chi connectivity index (χ2v) is 4.61. The van der Waals surface area contributed by atoms with Crippen molar-refractivity contribution in [3.8, 4) is 11.6 Å². The summed E-state index contributed by atoms with van der Waals surface area (Å²) in [6.07, 6.45) is 1.68. The fourth-order valence-electron chi connectivity index (χ4n) is 1.63. The van der Waals surface area contributed by atoms with E-state index in [4.69, 9.17) is 22.1 Å². The van der Waals surface area contributed by atoms with Crippen molar-refractivity contribution in [1.82, 2.24) is 4.98 Å². The number of rotatable bonds is 3. The van der Waals surface area contributed by atoms with E-state index in [1.165, 1.54) is 0 Å². The lowest BCUT2D eigenvalue weighted by Gasteiger charge is -2.12. The van der Waals surface area contributed by atoms with Crippen molar-refractivity contribution in [2.45, 2.75) is 19.9 Å². The molecule has 0 saturated heterocycles. The molecule has 0 aliphatic carbocycles. The highest BCUT2D eigenvalue weighted by Gasteiger charge is 2.10. The van der Waals surface area contributed by atoms with Gasteiger partial charge in [-0.15, -0.1) is 0 Å². The summed E-state index contributed by atoms with van der Waals surface area (Å²) in [5, 5.41) is 0.718. The van der Waals surface area contributed by atoms with E-state index in [1.807, 2.05) is 38.1 Å². The highest BCUT2D eigenvalue weighted by atomic mass is 35.5. The van der Waals surface area contributed by atoms with Crippen LogP contribution in [0.5, 0.6) is 11.6 Å². The lowest BCUT2D eigenvalue weighted by molar-refractivity contribution is 0.452. The summed E-state index contributed by atoms with van der Waals surface area (Å²) in [4.78, 5) is 4.21. The zero-order valence-electron chi connectivity index (χ0n) is 10.4. The van der Waals surface area contributed by atoms with Crippen LogP contribution in [0.25, 0.3) is 0 Å². The summed E-state index contributed by atoms with van der Waals surface area (Å²) in [6, 6.07) is 9.13. The molecule has 18 heavy (non-hydrogen) atoms. The normalized spacial score (nSPS) is 12.2. The van der Waals surface area contributed by atoms with Crippen LogP contribution in [0, 0.1) is 6.92 Å². The Morgan fingerprint density at radius 2 is 2.11 bits per heavy atom. The molecule has 0 fully saturated rings. The largest absolute Gasteiger partial charge is 0.439 e. The Morgan fingerprint density at radius 1 is 1.33 bits per heavy atom. The van der Waals surface area contributed by atoms with Gasteiger partial charge >= 0.3 is 0 Å². The van der Waals surface area contributed by atoms with Gasteiger partial charge in [-0.05, 0) is 43.7 Å². The first kappa shape index (κ1) is 12.9. The molecule has 0 aliphatic rings. The molecule has 0 radical (unpaired) electrons. The van der Waals surface area contributed by atoms with Crippen LogP contribution >= 0.6 is 11.6 Å². The Bertz CT molecular complexity index is 555. The van der Waals surface area contributed by atoms with E-state index in [1.54, 1.807) is 12.3 Å². The molecule has 0 saturated carbocycles. The fraction of sp³-hybridized carbons (Fsp3) is 0.214. The highest BCUT2D eigenvalue weighted by molar-refractivity contribution is 6.31. The third-order valence-electron chi connectivity index (χ3n) is 2.64. The van der Waals surface area contributed by atoms with Crippen LogP contribution < -0.4 is 10.5 Å². The molecule has 94 valence electrons. The van der Waals surface area contributed by atoms with Crippen molar-refractivity contribution in [3.05, 3.63) is 52.7 Å². The second kappa shape index (κ2) is 5.38. The number of pyridine rings is 1. The molecule has 1 heterocycles. The van der Waals surface area contributed by atoms with Crippen LogP contribution in [0.2, 0.25) is 5.02 Å². The van der Waals surface area contributed by atoms with E-state index in [2.05, 4.69) is 4.98 Å². The fourth-order valence-corrected chi connectivity index (χ4v) is 1.74. The first-order valence-electron chi connectivity index (χ1n) is 5.72. The Morgan fingerprint density at radius 3 is 2.78 bits per heavy atom. The zero-order chi connectivity index (χ0) is 13.1. The maximum Gasteiger partial charge on any atom is 0.223 e. The van der Waals surface area contributed by atoms with Crippen molar-refractivity contribution in [2.24, 2.45) is 5.73 Å². The van der Waals surface area contributed by atoms with Gasteiger partial charge in [0.1, 0.15) is 5.75 Å². The molecule has 0 bridgehead atoms. The molecule has 0 spiro atoms. The van der Waals surface area contributed by atoms with Gasteiger partial charge in [0.25, 0.3) is 0 Å². The Labute approximate surface area is 112 Å². The van der Waals surface area contributed by atoms with E-state index in [0.29, 0.717) is 11.6 Å². The number of benzene rings is 1. The van der Waals surface area contributed by atoms with Gasteiger partial charge in [-0.1, -0.05) is 17.7 Å². The molecule has 2 N–H and O–H groups in total. The van der Waals surface area contributed by atoms with Crippen LogP contribution in [-0.4, -0.2) is 4.98 Å². The molecule has 4 heteroatoms. The monoisotopic (exact) mass is 262 g/mol. The predicted molar refractivity (Wildman–Crippen MR) is 73.1 cm³/mol. The van der Waals surface area contributed by atoms with Crippen LogP contribution in [0.3, 0.4) is 0 Å². The number of nitrogens with two attached hydrogens (primary N) is 1. The van der Waals surface area contributed by atoms with Crippen molar-refractivity contribution in [3.63, 3.8) is 0 Å². The van der Waals surface area contributed by atoms with Crippen LogP contribution in [0.1, 0.15) is 24.1 Å². The minimum absolute atomic E-state index is 0.123. The molecule has 2 rings (SSSR count). The molecule has 1 atom stereocenters. The average Bonchev–Trinajstić information content (AvgIpc) is 2.34. The number of hydrogen-bond acceptors (Lipinski definition) is 3. The Balaban J connectivity index is 2.31. The van der Waals surface area contributed by atoms with E-state index in [-0.39, 0.29) is 6.04 Å². The molecule has 2 aromatic rings. The van der Waals surface area contributed by atoms with Crippen molar-refractivity contribution in [1.29, 1.82) is 0 Å². The molecule has 0 aliphatic heterocycles. The molecular formula is C14H15ClN2O. The first-order valence-corrected chi connectivity index (χ1v) is 6.10. The lowest BCUT2D eigenvalue weighted by Crippen LogP contribution is -2.07. The predicted octanol–water partition coefficient (Wildman–Crippen LogP) is 3.86. The topological polar surface area (TPSA) is 48.1 Å². The van der Waals surface area contributed by atoms with Gasteiger partial charge in [-0.3, -0.25) is 0 Å². The van der Waals surface area contributed by atoms with E-state index in [9.17, 15) is 0 Å². The average molecular weight is 263 g/mol. The SMILES string of the molecule is Cc1cc(Oc2ncccc2[C@@H](C)N)ccc1Cl. The van der Waals surface area contributed by atoms with Gasteiger partial charge in [0.05, 0.1) is 0 Å². The number of halogens is 1. The lowest BCUT2D eigenvalue weighted by atomic mass is 10.1. The number of aromatic nitrogens is 1. The van der Waals surface area contributed by atoms with Gasteiger partial charge in [-0.25, -0.2) is 4.98 Å². The standard InChI is InChI=1S/C14H15ClN2O/c1-9-8-11(5-6-13(9)15)18-14-12(10(2)16)4-3-7-17-14/h3-8,10H,16H2,1-2H3/t10-/m1/s1. The molecule has 0 unspecified atom stereocenters. The van der Waals surface area contributed by atoms with Crippen molar-refractivity contribution < 1.29 is 4.74 Å². The van der Waals surface area contributed by atoms with Gasteiger partial charge < -0.3 is 10.5 Å².